The van der Waals surface area contributed by atoms with Crippen molar-refractivity contribution >= 4 is 6.08 Å². The second-order valence-corrected chi connectivity index (χ2v) is 5.95. The third-order valence-corrected chi connectivity index (χ3v) is 4.28. The van der Waals surface area contributed by atoms with Crippen LogP contribution in [0.1, 0.15) is 42.4 Å². The number of hydrogen-bond donors (Lipinski definition) is 0. The molecule has 1 saturated carbocycles. The van der Waals surface area contributed by atoms with Crippen LogP contribution in [0.25, 0.3) is 17.2 Å². The average molecular weight is 246 g/mol. The van der Waals surface area contributed by atoms with E-state index >= 15 is 0 Å². The van der Waals surface area contributed by atoms with Crippen molar-refractivity contribution < 1.29 is 0 Å². The maximum absolute atomic E-state index is 2.45. The number of hydrogen-bond acceptors (Lipinski definition) is 0. The fraction of sp³-hybridized carbons (Fsp3) is 0.263. The maximum atomic E-state index is 2.45. The molecule has 4 rings (SSSR count). The van der Waals surface area contributed by atoms with Gasteiger partial charge in [-0.05, 0) is 59.9 Å². The van der Waals surface area contributed by atoms with Crippen molar-refractivity contribution in [1.29, 1.82) is 0 Å². The molecule has 0 aromatic heterocycles. The van der Waals surface area contributed by atoms with Gasteiger partial charge in [-0.25, -0.2) is 0 Å². The van der Waals surface area contributed by atoms with Gasteiger partial charge in [0, 0.05) is 0 Å². The lowest BCUT2D eigenvalue weighted by Gasteiger charge is -2.11. The summed E-state index contributed by atoms with van der Waals surface area (Å²) in [5, 5.41) is 0. The molecule has 0 radical (unpaired) electrons. The van der Waals surface area contributed by atoms with Crippen LogP contribution in [-0.2, 0) is 6.42 Å². The summed E-state index contributed by atoms with van der Waals surface area (Å²) in [6.45, 7) is 2.24. The van der Waals surface area contributed by atoms with Crippen molar-refractivity contribution in [2.75, 3.05) is 0 Å². The van der Waals surface area contributed by atoms with Crippen LogP contribution in [0.15, 0.2) is 48.0 Å². The number of fused-ring (bicyclic) bond motifs is 1. The fourth-order valence-corrected chi connectivity index (χ4v) is 3.16. The lowest BCUT2D eigenvalue weighted by Crippen LogP contribution is -1.92. The molecule has 0 nitrogen and oxygen atoms in total. The minimum Gasteiger partial charge on any atom is -0.0683 e. The van der Waals surface area contributed by atoms with Crippen LogP contribution >= 0.6 is 0 Å². The minimum absolute atomic E-state index is 0.827. The number of allylic oxidation sites excluding steroid dienone is 1. The van der Waals surface area contributed by atoms with Gasteiger partial charge in [-0.1, -0.05) is 54.1 Å². The lowest BCUT2D eigenvalue weighted by molar-refractivity contribution is 1.10. The molecule has 2 aliphatic carbocycles. The van der Waals surface area contributed by atoms with Crippen molar-refractivity contribution in [3.8, 4) is 11.1 Å². The molecule has 0 heteroatoms. The van der Waals surface area contributed by atoms with E-state index in [9.17, 15) is 0 Å². The van der Waals surface area contributed by atoms with Crippen LogP contribution in [0.4, 0.5) is 0 Å². The third-order valence-electron chi connectivity index (χ3n) is 4.28. The second-order valence-electron chi connectivity index (χ2n) is 5.95. The highest BCUT2D eigenvalue weighted by Crippen LogP contribution is 2.44. The van der Waals surface area contributed by atoms with Gasteiger partial charge in [0.2, 0.25) is 0 Å². The van der Waals surface area contributed by atoms with Gasteiger partial charge >= 0.3 is 0 Å². The Hall–Kier alpha value is -1.82. The zero-order chi connectivity index (χ0) is 12.8. The SMILES string of the molecule is CC1=Cc2c(cc(C3CC3)cc2-c2ccccc2)C1. The van der Waals surface area contributed by atoms with Crippen LogP contribution in [0.2, 0.25) is 0 Å². The van der Waals surface area contributed by atoms with Crippen molar-refractivity contribution in [1.82, 2.24) is 0 Å². The van der Waals surface area contributed by atoms with Crippen molar-refractivity contribution in [3.63, 3.8) is 0 Å². The van der Waals surface area contributed by atoms with Crippen molar-refractivity contribution in [3.05, 3.63) is 64.7 Å². The number of benzene rings is 2. The van der Waals surface area contributed by atoms with E-state index in [1.54, 1.807) is 5.56 Å². The zero-order valence-corrected chi connectivity index (χ0v) is 11.3. The van der Waals surface area contributed by atoms with E-state index in [1.807, 2.05) is 0 Å². The molecule has 0 amide bonds. The van der Waals surface area contributed by atoms with Crippen LogP contribution in [0, 0.1) is 0 Å². The highest BCUT2D eigenvalue weighted by molar-refractivity contribution is 5.81. The van der Waals surface area contributed by atoms with Gasteiger partial charge in [0.25, 0.3) is 0 Å². The molecule has 0 spiro atoms. The maximum Gasteiger partial charge on any atom is -0.00603 e. The van der Waals surface area contributed by atoms with Crippen molar-refractivity contribution in [2.45, 2.75) is 32.1 Å². The van der Waals surface area contributed by atoms with E-state index in [2.05, 4.69) is 55.5 Å². The van der Waals surface area contributed by atoms with E-state index in [0.717, 1.165) is 12.3 Å². The quantitative estimate of drug-likeness (QED) is 0.684. The van der Waals surface area contributed by atoms with E-state index in [1.165, 1.54) is 40.7 Å². The molecular formula is C19H18. The van der Waals surface area contributed by atoms with Gasteiger partial charge in [-0.3, -0.25) is 0 Å². The topological polar surface area (TPSA) is 0 Å². The summed E-state index contributed by atoms with van der Waals surface area (Å²) < 4.78 is 0. The number of rotatable bonds is 2. The van der Waals surface area contributed by atoms with E-state index in [4.69, 9.17) is 0 Å². The summed E-state index contributed by atoms with van der Waals surface area (Å²) in [5.41, 5.74) is 8.80. The highest BCUT2D eigenvalue weighted by atomic mass is 14.3. The molecule has 0 saturated heterocycles. The minimum atomic E-state index is 0.827. The molecule has 0 aliphatic heterocycles. The Kier molecular flexibility index (Phi) is 2.38. The lowest BCUT2D eigenvalue weighted by atomic mass is 9.93. The summed E-state index contributed by atoms with van der Waals surface area (Å²) in [4.78, 5) is 0. The first-order chi connectivity index (χ1) is 9.31. The molecule has 19 heavy (non-hydrogen) atoms. The molecule has 0 atom stereocenters. The van der Waals surface area contributed by atoms with Crippen LogP contribution in [0.5, 0.6) is 0 Å². The highest BCUT2D eigenvalue weighted by Gasteiger charge is 2.26. The summed E-state index contributed by atoms with van der Waals surface area (Å²) in [7, 11) is 0. The van der Waals surface area contributed by atoms with Gasteiger partial charge in [-0.2, -0.15) is 0 Å². The fourth-order valence-electron chi connectivity index (χ4n) is 3.16. The van der Waals surface area contributed by atoms with E-state index in [-0.39, 0.29) is 0 Å². The Morgan fingerprint density at radius 2 is 1.79 bits per heavy atom. The second kappa shape index (κ2) is 4.09. The molecule has 94 valence electrons. The molecule has 2 aromatic carbocycles. The van der Waals surface area contributed by atoms with Gasteiger partial charge in [0.15, 0.2) is 0 Å². The van der Waals surface area contributed by atoms with E-state index < -0.39 is 0 Å². The average Bonchev–Trinajstić information content (AvgIpc) is 3.20. The first-order valence-corrected chi connectivity index (χ1v) is 7.21. The van der Waals surface area contributed by atoms with Crippen molar-refractivity contribution in [2.24, 2.45) is 0 Å². The first-order valence-electron chi connectivity index (χ1n) is 7.21. The largest absolute Gasteiger partial charge is 0.0683 e. The van der Waals surface area contributed by atoms with Gasteiger partial charge in [0.1, 0.15) is 0 Å². The Balaban J connectivity index is 1.92. The van der Waals surface area contributed by atoms with Gasteiger partial charge in [0.05, 0.1) is 0 Å². The summed E-state index contributed by atoms with van der Waals surface area (Å²) >= 11 is 0. The van der Waals surface area contributed by atoms with Gasteiger partial charge < -0.3 is 0 Å². The predicted octanol–water partition coefficient (Wildman–Crippen LogP) is 5.19. The molecule has 2 aromatic rings. The molecular weight excluding hydrogens is 228 g/mol. The van der Waals surface area contributed by atoms with Gasteiger partial charge in [-0.15, -0.1) is 0 Å². The first kappa shape index (κ1) is 11.0. The third kappa shape index (κ3) is 1.92. The Bertz CT molecular complexity index is 658. The molecule has 0 unspecified atom stereocenters. The Morgan fingerprint density at radius 1 is 1.00 bits per heavy atom. The predicted molar refractivity (Wildman–Crippen MR) is 81.2 cm³/mol. The Labute approximate surface area is 114 Å². The smallest absolute Gasteiger partial charge is 0.00603 e. The van der Waals surface area contributed by atoms with Crippen LogP contribution < -0.4 is 0 Å². The normalized spacial score (nSPS) is 17.2. The summed E-state index contributed by atoms with van der Waals surface area (Å²) in [6, 6.07) is 15.7. The van der Waals surface area contributed by atoms with Crippen LogP contribution in [0.3, 0.4) is 0 Å². The standard InChI is InChI=1S/C19H18/c1-13-9-17-11-16(14-7-8-14)12-19(18(17)10-13)15-5-3-2-4-6-15/h2-6,10-12,14H,7-9H2,1H3. The van der Waals surface area contributed by atoms with Crippen LogP contribution in [-0.4, -0.2) is 0 Å². The molecule has 0 N–H and O–H groups in total. The Morgan fingerprint density at radius 3 is 2.53 bits per heavy atom. The molecule has 1 fully saturated rings. The zero-order valence-electron chi connectivity index (χ0n) is 11.3. The molecule has 2 aliphatic rings. The molecule has 0 heterocycles. The van der Waals surface area contributed by atoms with E-state index in [0.29, 0.717) is 0 Å². The monoisotopic (exact) mass is 246 g/mol. The molecule has 0 bridgehead atoms. The summed E-state index contributed by atoms with van der Waals surface area (Å²) in [6.07, 6.45) is 6.25. The summed E-state index contributed by atoms with van der Waals surface area (Å²) in [5.74, 6) is 0.827.